The molecule has 0 bridgehead atoms. The van der Waals surface area contributed by atoms with Gasteiger partial charge in [0.2, 0.25) is 5.96 Å². The van der Waals surface area contributed by atoms with Crippen LogP contribution in [0.15, 0.2) is 45.9 Å². The maximum atomic E-state index is 5.81. The number of hydrogen-bond acceptors (Lipinski definition) is 5. The first-order chi connectivity index (χ1) is 10.7. The summed E-state index contributed by atoms with van der Waals surface area (Å²) < 4.78 is 11.4. The molecule has 0 spiro atoms. The summed E-state index contributed by atoms with van der Waals surface area (Å²) in [5.74, 6) is 1.26. The number of ether oxygens (including phenoxy) is 2. The van der Waals surface area contributed by atoms with E-state index in [1.165, 1.54) is 0 Å². The van der Waals surface area contributed by atoms with Gasteiger partial charge in [0.15, 0.2) is 11.5 Å². The summed E-state index contributed by atoms with van der Waals surface area (Å²) in [7, 11) is 0. The van der Waals surface area contributed by atoms with Crippen LogP contribution in [-0.4, -0.2) is 18.8 Å². The molecule has 0 unspecified atom stereocenters. The molecule has 6 nitrogen and oxygen atoms in total. The molecule has 0 radical (unpaired) electrons. The molecule has 2 aromatic rings. The Labute approximate surface area is 133 Å². The third-order valence-corrected chi connectivity index (χ3v) is 3.45. The first-order valence-corrected chi connectivity index (χ1v) is 7.61. The van der Waals surface area contributed by atoms with Crippen molar-refractivity contribution in [2.45, 2.75) is 13.5 Å². The van der Waals surface area contributed by atoms with Crippen LogP contribution in [0.2, 0.25) is 0 Å². The largest absolute Gasteiger partial charge is 0.490 e. The molecule has 0 atom stereocenters. The van der Waals surface area contributed by atoms with Crippen LogP contribution in [0.4, 0.5) is 0 Å². The van der Waals surface area contributed by atoms with Gasteiger partial charge in [0.25, 0.3) is 0 Å². The average Bonchev–Trinajstić information content (AvgIpc) is 3.00. The second-order valence-electron chi connectivity index (χ2n) is 4.28. The van der Waals surface area contributed by atoms with Gasteiger partial charge in [0, 0.05) is 4.88 Å². The standard InChI is InChI=1S/C15H18N4O2S/c1-2-20-14-8-11(9-18-19-15(16)17)5-6-13(14)21-10-12-4-3-7-22-12/h3-9H,2,10H2,1H3,(H4,16,17,19)/b18-9-. The summed E-state index contributed by atoms with van der Waals surface area (Å²) in [4.78, 5) is 1.15. The number of guanidine groups is 1. The summed E-state index contributed by atoms with van der Waals surface area (Å²) in [6.07, 6.45) is 1.55. The molecule has 4 N–H and O–H groups in total. The highest BCUT2D eigenvalue weighted by atomic mass is 32.1. The number of thiophene rings is 1. The first-order valence-electron chi connectivity index (χ1n) is 6.73. The van der Waals surface area contributed by atoms with E-state index >= 15 is 0 Å². The molecule has 0 saturated heterocycles. The molecule has 116 valence electrons. The third kappa shape index (κ3) is 4.78. The number of benzene rings is 1. The number of rotatable bonds is 7. The zero-order valence-electron chi connectivity index (χ0n) is 12.2. The Morgan fingerprint density at radius 2 is 2.09 bits per heavy atom. The normalized spacial score (nSPS) is 10.6. The monoisotopic (exact) mass is 318 g/mol. The minimum Gasteiger partial charge on any atom is -0.490 e. The molecule has 0 aliphatic carbocycles. The summed E-state index contributed by atoms with van der Waals surface area (Å²) in [6.45, 7) is 2.98. The molecule has 0 saturated carbocycles. The molecule has 0 amide bonds. The Hall–Kier alpha value is -2.54. The summed E-state index contributed by atoms with van der Waals surface area (Å²) >= 11 is 1.65. The van der Waals surface area contributed by atoms with Crippen LogP contribution in [0.25, 0.3) is 0 Å². The highest BCUT2D eigenvalue weighted by Gasteiger charge is 2.06. The smallest absolute Gasteiger partial charge is 0.211 e. The fourth-order valence-corrected chi connectivity index (χ4v) is 2.31. The fourth-order valence-electron chi connectivity index (χ4n) is 1.70. The van der Waals surface area contributed by atoms with Crippen LogP contribution < -0.4 is 20.9 Å². The lowest BCUT2D eigenvalue weighted by atomic mass is 10.2. The number of nitrogens with zero attached hydrogens (tertiary/aromatic N) is 2. The Balaban J connectivity index is 2.12. The number of hydrogen-bond donors (Lipinski definition) is 2. The quantitative estimate of drug-likeness (QED) is 0.465. The number of nitrogens with two attached hydrogens (primary N) is 2. The van der Waals surface area contributed by atoms with Crippen molar-refractivity contribution in [1.29, 1.82) is 0 Å². The zero-order chi connectivity index (χ0) is 15.8. The Kier molecular flexibility index (Phi) is 5.79. The van der Waals surface area contributed by atoms with E-state index in [4.69, 9.17) is 20.9 Å². The van der Waals surface area contributed by atoms with Crippen molar-refractivity contribution in [3.05, 3.63) is 46.2 Å². The molecule has 1 aromatic carbocycles. The van der Waals surface area contributed by atoms with E-state index < -0.39 is 0 Å². The summed E-state index contributed by atoms with van der Waals surface area (Å²) in [5, 5.41) is 9.36. The molecule has 1 heterocycles. The second-order valence-corrected chi connectivity index (χ2v) is 5.31. The summed E-state index contributed by atoms with van der Waals surface area (Å²) in [6, 6.07) is 9.56. The van der Waals surface area contributed by atoms with E-state index in [0.29, 0.717) is 24.7 Å². The highest BCUT2D eigenvalue weighted by Crippen LogP contribution is 2.29. The van der Waals surface area contributed by atoms with Crippen LogP contribution in [0.3, 0.4) is 0 Å². The maximum absolute atomic E-state index is 5.81. The molecular weight excluding hydrogens is 300 g/mol. The van der Waals surface area contributed by atoms with Crippen molar-refractivity contribution < 1.29 is 9.47 Å². The lowest BCUT2D eigenvalue weighted by molar-refractivity contribution is 0.271. The van der Waals surface area contributed by atoms with Crippen LogP contribution >= 0.6 is 11.3 Å². The lowest BCUT2D eigenvalue weighted by Gasteiger charge is -2.11. The van der Waals surface area contributed by atoms with E-state index in [1.807, 2.05) is 42.6 Å². The van der Waals surface area contributed by atoms with Gasteiger partial charge in [0.05, 0.1) is 12.8 Å². The lowest BCUT2D eigenvalue weighted by Crippen LogP contribution is -2.21. The summed E-state index contributed by atoms with van der Waals surface area (Å²) in [5.41, 5.74) is 11.2. The van der Waals surface area contributed by atoms with E-state index in [1.54, 1.807) is 17.6 Å². The van der Waals surface area contributed by atoms with Crippen molar-refractivity contribution in [2.24, 2.45) is 21.7 Å². The van der Waals surface area contributed by atoms with Crippen LogP contribution in [0.5, 0.6) is 11.5 Å². The SMILES string of the molecule is CCOc1cc(/C=N\N=C(N)N)ccc1OCc1cccs1. The van der Waals surface area contributed by atoms with Crippen LogP contribution in [0, 0.1) is 0 Å². The molecule has 7 heteroatoms. The van der Waals surface area contributed by atoms with Gasteiger partial charge in [-0.2, -0.15) is 5.10 Å². The topological polar surface area (TPSA) is 95.2 Å². The van der Waals surface area contributed by atoms with Crippen molar-refractivity contribution in [1.82, 2.24) is 0 Å². The van der Waals surface area contributed by atoms with E-state index in [-0.39, 0.29) is 5.96 Å². The van der Waals surface area contributed by atoms with Gasteiger partial charge in [-0.3, -0.25) is 0 Å². The van der Waals surface area contributed by atoms with Gasteiger partial charge in [-0.25, -0.2) is 0 Å². The molecular formula is C15H18N4O2S. The maximum Gasteiger partial charge on any atom is 0.211 e. The molecule has 22 heavy (non-hydrogen) atoms. The van der Waals surface area contributed by atoms with Gasteiger partial charge in [-0.05, 0) is 42.1 Å². The first kappa shape index (κ1) is 15.8. The fraction of sp³-hybridized carbons (Fsp3) is 0.200. The molecule has 1 aromatic heterocycles. The van der Waals surface area contributed by atoms with Crippen LogP contribution in [0.1, 0.15) is 17.4 Å². The zero-order valence-corrected chi connectivity index (χ0v) is 13.0. The molecule has 0 aliphatic rings. The highest BCUT2D eigenvalue weighted by molar-refractivity contribution is 7.09. The van der Waals surface area contributed by atoms with Gasteiger partial charge in [-0.15, -0.1) is 16.4 Å². The Morgan fingerprint density at radius 3 is 2.77 bits per heavy atom. The van der Waals surface area contributed by atoms with Crippen molar-refractivity contribution in [2.75, 3.05) is 6.61 Å². The van der Waals surface area contributed by atoms with Crippen molar-refractivity contribution in [3.63, 3.8) is 0 Å². The van der Waals surface area contributed by atoms with Crippen molar-refractivity contribution in [3.8, 4) is 11.5 Å². The Bertz CT molecular complexity index is 650. The van der Waals surface area contributed by atoms with Crippen molar-refractivity contribution >= 4 is 23.5 Å². The van der Waals surface area contributed by atoms with Crippen LogP contribution in [-0.2, 0) is 6.61 Å². The van der Waals surface area contributed by atoms with E-state index in [0.717, 1.165) is 10.4 Å². The molecule has 0 fully saturated rings. The van der Waals surface area contributed by atoms with Gasteiger partial charge in [0.1, 0.15) is 6.61 Å². The van der Waals surface area contributed by atoms with Gasteiger partial charge >= 0.3 is 0 Å². The minimum absolute atomic E-state index is 0.0859. The predicted molar refractivity (Wildman–Crippen MR) is 89.7 cm³/mol. The average molecular weight is 318 g/mol. The molecule has 0 aliphatic heterocycles. The third-order valence-electron chi connectivity index (χ3n) is 2.60. The predicted octanol–water partition coefficient (Wildman–Crippen LogP) is 2.33. The Morgan fingerprint density at radius 1 is 1.23 bits per heavy atom. The second kappa shape index (κ2) is 8.04. The van der Waals surface area contributed by atoms with E-state index in [9.17, 15) is 0 Å². The van der Waals surface area contributed by atoms with E-state index in [2.05, 4.69) is 10.2 Å². The minimum atomic E-state index is -0.0859. The van der Waals surface area contributed by atoms with Gasteiger partial charge in [-0.1, -0.05) is 6.07 Å². The molecule has 2 rings (SSSR count). The van der Waals surface area contributed by atoms with Gasteiger partial charge < -0.3 is 20.9 Å².